The van der Waals surface area contributed by atoms with Crippen molar-refractivity contribution in [1.82, 2.24) is 16.0 Å². The molecule has 2 saturated carbocycles. The van der Waals surface area contributed by atoms with Gasteiger partial charge in [-0.1, -0.05) is 38.5 Å². The zero-order chi connectivity index (χ0) is 14.6. The Morgan fingerprint density at radius 3 is 1.38 bits per heavy atom. The summed E-state index contributed by atoms with van der Waals surface area (Å²) < 4.78 is 0. The maximum absolute atomic E-state index is 3.71. The Labute approximate surface area is 132 Å². The molecule has 2 rings (SSSR count). The summed E-state index contributed by atoms with van der Waals surface area (Å²) >= 11 is 0. The van der Waals surface area contributed by atoms with Gasteiger partial charge in [-0.3, -0.25) is 0 Å². The number of nitrogens with one attached hydrogen (secondary N) is 3. The molecule has 3 nitrogen and oxygen atoms in total. The highest BCUT2D eigenvalue weighted by atomic mass is 14.9. The second kappa shape index (κ2) is 11.4. The Hall–Kier alpha value is -0.120. The van der Waals surface area contributed by atoms with Crippen molar-refractivity contribution in [3.63, 3.8) is 0 Å². The van der Waals surface area contributed by atoms with Gasteiger partial charge in [-0.2, -0.15) is 0 Å². The average Bonchev–Trinajstić information content (AvgIpc) is 2.55. The quantitative estimate of drug-likeness (QED) is 0.542. The van der Waals surface area contributed by atoms with Crippen LogP contribution in [0.2, 0.25) is 0 Å². The maximum atomic E-state index is 3.71. The molecule has 0 aromatic carbocycles. The summed E-state index contributed by atoms with van der Waals surface area (Å²) in [5.74, 6) is 0. The van der Waals surface area contributed by atoms with E-state index in [9.17, 15) is 0 Å². The monoisotopic (exact) mass is 295 g/mol. The zero-order valence-corrected chi connectivity index (χ0v) is 14.0. The van der Waals surface area contributed by atoms with Gasteiger partial charge in [-0.25, -0.2) is 0 Å². The fourth-order valence-corrected chi connectivity index (χ4v) is 3.78. The van der Waals surface area contributed by atoms with E-state index in [2.05, 4.69) is 16.0 Å². The predicted molar refractivity (Wildman–Crippen MR) is 91.9 cm³/mol. The van der Waals surface area contributed by atoms with Crippen LogP contribution < -0.4 is 16.0 Å². The Kier molecular flexibility index (Phi) is 9.40. The molecule has 2 aliphatic rings. The van der Waals surface area contributed by atoms with Gasteiger partial charge in [0.25, 0.3) is 0 Å². The van der Waals surface area contributed by atoms with E-state index < -0.39 is 0 Å². The molecular formula is C18H37N3. The molecule has 0 radical (unpaired) electrons. The van der Waals surface area contributed by atoms with E-state index in [1.54, 1.807) is 0 Å². The van der Waals surface area contributed by atoms with Gasteiger partial charge in [-0.05, 0) is 64.7 Å². The lowest BCUT2D eigenvalue weighted by atomic mass is 9.95. The molecule has 2 aliphatic carbocycles. The first-order valence-electron chi connectivity index (χ1n) is 9.62. The fraction of sp³-hybridized carbons (Fsp3) is 1.00. The lowest BCUT2D eigenvalue weighted by molar-refractivity contribution is 0.367. The molecule has 0 spiro atoms. The average molecular weight is 296 g/mol. The van der Waals surface area contributed by atoms with E-state index in [0.717, 1.165) is 12.1 Å². The van der Waals surface area contributed by atoms with Crippen LogP contribution in [0.5, 0.6) is 0 Å². The van der Waals surface area contributed by atoms with E-state index in [1.165, 1.54) is 103 Å². The van der Waals surface area contributed by atoms with Gasteiger partial charge >= 0.3 is 0 Å². The third-order valence-corrected chi connectivity index (χ3v) is 5.14. The maximum Gasteiger partial charge on any atom is 0.00670 e. The van der Waals surface area contributed by atoms with Crippen molar-refractivity contribution < 1.29 is 0 Å². The Balaban J connectivity index is 1.30. The van der Waals surface area contributed by atoms with Crippen molar-refractivity contribution in [3.05, 3.63) is 0 Å². The molecule has 0 amide bonds. The van der Waals surface area contributed by atoms with Crippen LogP contribution in [0.15, 0.2) is 0 Å². The number of rotatable bonds is 10. The molecule has 0 saturated heterocycles. The van der Waals surface area contributed by atoms with Crippen molar-refractivity contribution in [2.45, 2.75) is 89.1 Å². The smallest absolute Gasteiger partial charge is 0.00670 e. The van der Waals surface area contributed by atoms with Gasteiger partial charge in [0.1, 0.15) is 0 Å². The van der Waals surface area contributed by atoms with Gasteiger partial charge in [-0.15, -0.1) is 0 Å². The fourth-order valence-electron chi connectivity index (χ4n) is 3.78. The normalized spacial score (nSPS) is 21.7. The molecule has 0 atom stereocenters. The first kappa shape index (κ1) is 17.2. The Morgan fingerprint density at radius 1 is 0.524 bits per heavy atom. The Morgan fingerprint density at radius 2 is 0.952 bits per heavy atom. The third kappa shape index (κ3) is 8.18. The molecule has 3 N–H and O–H groups in total. The highest BCUT2D eigenvalue weighted by Crippen LogP contribution is 2.17. The van der Waals surface area contributed by atoms with Gasteiger partial charge in [0.2, 0.25) is 0 Å². The van der Waals surface area contributed by atoms with Crippen LogP contribution in [-0.2, 0) is 0 Å². The van der Waals surface area contributed by atoms with Crippen LogP contribution in [0.3, 0.4) is 0 Å². The summed E-state index contributed by atoms with van der Waals surface area (Å²) in [7, 11) is 0. The molecule has 0 unspecified atom stereocenters. The van der Waals surface area contributed by atoms with E-state index in [0.29, 0.717) is 0 Å². The summed E-state index contributed by atoms with van der Waals surface area (Å²) in [5.41, 5.74) is 0. The van der Waals surface area contributed by atoms with Crippen molar-refractivity contribution in [3.8, 4) is 0 Å². The van der Waals surface area contributed by atoms with Crippen molar-refractivity contribution in [1.29, 1.82) is 0 Å². The summed E-state index contributed by atoms with van der Waals surface area (Å²) in [6, 6.07) is 1.64. The number of hydrogen-bond acceptors (Lipinski definition) is 3. The second-order valence-electron chi connectivity index (χ2n) is 7.04. The predicted octanol–water partition coefficient (Wildman–Crippen LogP) is 3.20. The van der Waals surface area contributed by atoms with Crippen LogP contribution in [0, 0.1) is 0 Å². The van der Waals surface area contributed by atoms with Gasteiger partial charge in [0.05, 0.1) is 0 Å². The highest BCUT2D eigenvalue weighted by Gasteiger charge is 2.12. The SMILES string of the molecule is C1CCC(NCCCNCCCNC2CCCCC2)CC1. The first-order valence-corrected chi connectivity index (χ1v) is 9.62. The van der Waals surface area contributed by atoms with Crippen LogP contribution in [-0.4, -0.2) is 38.3 Å². The minimum absolute atomic E-state index is 0.818. The summed E-state index contributed by atoms with van der Waals surface area (Å²) in [4.78, 5) is 0. The molecule has 124 valence electrons. The minimum Gasteiger partial charge on any atom is -0.317 e. The standard InChI is InChI=1S/C18H37N3/c1-3-9-17(10-4-1)20-15-7-13-19-14-8-16-21-18-11-5-2-6-12-18/h17-21H,1-16H2. The van der Waals surface area contributed by atoms with E-state index >= 15 is 0 Å². The van der Waals surface area contributed by atoms with Gasteiger partial charge in [0.15, 0.2) is 0 Å². The van der Waals surface area contributed by atoms with Gasteiger partial charge < -0.3 is 16.0 Å². The molecule has 21 heavy (non-hydrogen) atoms. The van der Waals surface area contributed by atoms with Crippen LogP contribution in [0.4, 0.5) is 0 Å². The Bertz CT molecular complexity index is 209. The molecule has 2 fully saturated rings. The summed E-state index contributed by atoms with van der Waals surface area (Å²) in [5, 5.41) is 11.0. The highest BCUT2D eigenvalue weighted by molar-refractivity contribution is 4.72. The largest absolute Gasteiger partial charge is 0.317 e. The molecule has 0 heterocycles. The van der Waals surface area contributed by atoms with Crippen LogP contribution in [0.1, 0.15) is 77.0 Å². The number of hydrogen-bond donors (Lipinski definition) is 3. The zero-order valence-electron chi connectivity index (χ0n) is 14.0. The molecule has 0 bridgehead atoms. The van der Waals surface area contributed by atoms with E-state index in [1.807, 2.05) is 0 Å². The molecule has 0 aromatic heterocycles. The van der Waals surface area contributed by atoms with Gasteiger partial charge in [0, 0.05) is 12.1 Å². The molecule has 0 aliphatic heterocycles. The molecular weight excluding hydrogens is 258 g/mol. The minimum atomic E-state index is 0.818. The van der Waals surface area contributed by atoms with Crippen LogP contribution >= 0.6 is 0 Å². The van der Waals surface area contributed by atoms with E-state index in [-0.39, 0.29) is 0 Å². The molecule has 0 aromatic rings. The summed E-state index contributed by atoms with van der Waals surface area (Å²) in [6.45, 7) is 4.72. The second-order valence-corrected chi connectivity index (χ2v) is 7.04. The first-order chi connectivity index (χ1) is 10.4. The van der Waals surface area contributed by atoms with E-state index in [4.69, 9.17) is 0 Å². The third-order valence-electron chi connectivity index (χ3n) is 5.14. The van der Waals surface area contributed by atoms with Crippen molar-refractivity contribution in [2.75, 3.05) is 26.2 Å². The van der Waals surface area contributed by atoms with Crippen molar-refractivity contribution in [2.24, 2.45) is 0 Å². The summed E-state index contributed by atoms with van der Waals surface area (Å²) in [6.07, 6.45) is 16.8. The molecule has 3 heteroatoms. The van der Waals surface area contributed by atoms with Crippen LogP contribution in [0.25, 0.3) is 0 Å². The lowest BCUT2D eigenvalue weighted by Crippen LogP contribution is -2.34. The lowest BCUT2D eigenvalue weighted by Gasteiger charge is -2.23. The van der Waals surface area contributed by atoms with Crippen molar-refractivity contribution >= 4 is 0 Å². The topological polar surface area (TPSA) is 36.1 Å².